The topological polar surface area (TPSA) is 98.7 Å². The van der Waals surface area contributed by atoms with Crippen LogP contribution in [0.4, 0.5) is 10.5 Å². The van der Waals surface area contributed by atoms with Crippen LogP contribution in [0.15, 0.2) is 72.8 Å². The Balaban J connectivity index is 1.36. The number of carbonyl (C=O) groups excluding carboxylic acids is 2. The second-order valence-electron chi connectivity index (χ2n) is 9.79. The minimum atomic E-state index is -0.964. The van der Waals surface area contributed by atoms with E-state index in [9.17, 15) is 14.4 Å². The molecule has 1 aliphatic heterocycles. The fourth-order valence-corrected chi connectivity index (χ4v) is 4.58. The molecule has 0 aliphatic carbocycles. The van der Waals surface area contributed by atoms with Crippen LogP contribution in [0.1, 0.15) is 67.1 Å². The highest BCUT2D eigenvalue weighted by molar-refractivity contribution is 5.97. The number of carboxylic acids is 1. The van der Waals surface area contributed by atoms with Crippen molar-refractivity contribution in [1.29, 1.82) is 0 Å². The van der Waals surface area contributed by atoms with Gasteiger partial charge in [-0.1, -0.05) is 62.4 Å². The smallest absolute Gasteiger partial charge is 0.335 e. The standard InChI is InChI=1S/C30H33N3O4/c1-19(2)21-6-8-22(9-7-21)20(3)31-30(37)33-18-4-5-27(33)28(34)32-26-16-14-24(15-17-26)23-10-12-25(13-11-23)29(35)36/h6-17,19-20,27H,4-5,18H2,1-3H3,(H,31,37)(H,32,34)(H,35,36). The molecule has 1 saturated heterocycles. The van der Waals surface area contributed by atoms with Gasteiger partial charge in [-0.25, -0.2) is 9.59 Å². The number of benzene rings is 3. The van der Waals surface area contributed by atoms with Gasteiger partial charge in [-0.2, -0.15) is 0 Å². The molecular weight excluding hydrogens is 466 g/mol. The zero-order valence-corrected chi connectivity index (χ0v) is 21.4. The Morgan fingerprint density at radius 1 is 0.838 bits per heavy atom. The first-order valence-corrected chi connectivity index (χ1v) is 12.6. The summed E-state index contributed by atoms with van der Waals surface area (Å²) < 4.78 is 0. The van der Waals surface area contributed by atoms with Crippen LogP contribution in [0.5, 0.6) is 0 Å². The summed E-state index contributed by atoms with van der Waals surface area (Å²) >= 11 is 0. The number of likely N-dealkylation sites (tertiary alicyclic amines) is 1. The van der Waals surface area contributed by atoms with E-state index < -0.39 is 12.0 Å². The predicted molar refractivity (Wildman–Crippen MR) is 145 cm³/mol. The van der Waals surface area contributed by atoms with Crippen molar-refractivity contribution in [2.75, 3.05) is 11.9 Å². The summed E-state index contributed by atoms with van der Waals surface area (Å²) in [5, 5.41) is 15.0. The van der Waals surface area contributed by atoms with Crippen LogP contribution in [0.3, 0.4) is 0 Å². The maximum atomic E-state index is 13.1. The van der Waals surface area contributed by atoms with Crippen LogP contribution in [-0.4, -0.2) is 40.5 Å². The second-order valence-corrected chi connectivity index (χ2v) is 9.79. The highest BCUT2D eigenvalue weighted by atomic mass is 16.4. The summed E-state index contributed by atoms with van der Waals surface area (Å²) in [6.45, 7) is 6.78. The van der Waals surface area contributed by atoms with Gasteiger partial charge in [0.15, 0.2) is 0 Å². The lowest BCUT2D eigenvalue weighted by atomic mass is 10.00. The highest BCUT2D eigenvalue weighted by Crippen LogP contribution is 2.25. The van der Waals surface area contributed by atoms with E-state index >= 15 is 0 Å². The van der Waals surface area contributed by atoms with Gasteiger partial charge in [-0.15, -0.1) is 0 Å². The minimum absolute atomic E-state index is 0.171. The first kappa shape index (κ1) is 25.9. The van der Waals surface area contributed by atoms with Gasteiger partial charge in [-0.3, -0.25) is 4.79 Å². The van der Waals surface area contributed by atoms with E-state index in [-0.39, 0.29) is 23.5 Å². The van der Waals surface area contributed by atoms with Gasteiger partial charge in [0.1, 0.15) is 6.04 Å². The van der Waals surface area contributed by atoms with Gasteiger partial charge in [0.2, 0.25) is 5.91 Å². The Morgan fingerprint density at radius 3 is 1.97 bits per heavy atom. The van der Waals surface area contributed by atoms with Crippen LogP contribution in [0, 0.1) is 0 Å². The lowest BCUT2D eigenvalue weighted by Crippen LogP contribution is -2.48. The summed E-state index contributed by atoms with van der Waals surface area (Å²) in [6.07, 6.45) is 1.39. The highest BCUT2D eigenvalue weighted by Gasteiger charge is 2.34. The van der Waals surface area contributed by atoms with E-state index in [0.717, 1.165) is 23.1 Å². The van der Waals surface area contributed by atoms with Crippen molar-refractivity contribution in [2.45, 2.75) is 51.6 Å². The Morgan fingerprint density at radius 2 is 1.41 bits per heavy atom. The predicted octanol–water partition coefficient (Wildman–Crippen LogP) is 6.05. The summed E-state index contributed by atoms with van der Waals surface area (Å²) in [5.41, 5.74) is 4.94. The molecule has 7 heteroatoms. The van der Waals surface area contributed by atoms with E-state index in [2.05, 4.69) is 36.6 Å². The molecule has 0 aromatic heterocycles. The minimum Gasteiger partial charge on any atom is -0.478 e. The molecule has 7 nitrogen and oxygen atoms in total. The van der Waals surface area contributed by atoms with E-state index in [1.165, 1.54) is 5.56 Å². The van der Waals surface area contributed by atoms with Crippen molar-refractivity contribution in [3.05, 3.63) is 89.5 Å². The van der Waals surface area contributed by atoms with Crippen LogP contribution >= 0.6 is 0 Å². The number of nitrogens with one attached hydrogen (secondary N) is 2. The van der Waals surface area contributed by atoms with Crippen LogP contribution < -0.4 is 10.6 Å². The molecule has 1 aliphatic rings. The molecule has 2 atom stereocenters. The van der Waals surface area contributed by atoms with Crippen molar-refractivity contribution in [1.82, 2.24) is 10.2 Å². The maximum absolute atomic E-state index is 13.1. The number of carboxylic acid groups (broad SMARTS) is 1. The third kappa shape index (κ3) is 6.17. The van der Waals surface area contributed by atoms with Gasteiger partial charge in [0.05, 0.1) is 11.6 Å². The average Bonchev–Trinajstić information content (AvgIpc) is 3.40. The molecular formula is C30H33N3O4. The van der Waals surface area contributed by atoms with Crippen LogP contribution in [0.2, 0.25) is 0 Å². The number of hydrogen-bond donors (Lipinski definition) is 3. The van der Waals surface area contributed by atoms with Gasteiger partial charge in [-0.05, 0) is 72.2 Å². The third-order valence-electron chi connectivity index (χ3n) is 6.88. The summed E-state index contributed by atoms with van der Waals surface area (Å²) in [6, 6.07) is 21.3. The fourth-order valence-electron chi connectivity index (χ4n) is 4.58. The van der Waals surface area contributed by atoms with E-state index in [4.69, 9.17) is 5.11 Å². The van der Waals surface area contributed by atoms with Gasteiger partial charge in [0.25, 0.3) is 0 Å². The third-order valence-corrected chi connectivity index (χ3v) is 6.88. The number of rotatable bonds is 7. The van der Waals surface area contributed by atoms with Crippen molar-refractivity contribution in [3.8, 4) is 11.1 Å². The maximum Gasteiger partial charge on any atom is 0.335 e. The van der Waals surface area contributed by atoms with E-state index in [1.807, 2.05) is 31.2 Å². The van der Waals surface area contributed by atoms with Gasteiger partial charge < -0.3 is 20.6 Å². The quantitative estimate of drug-likeness (QED) is 0.369. The fraction of sp³-hybridized carbons (Fsp3) is 0.300. The number of carbonyl (C=O) groups is 3. The molecule has 37 heavy (non-hydrogen) atoms. The molecule has 3 amide bonds. The summed E-state index contributed by atoms with van der Waals surface area (Å²) in [7, 11) is 0. The Labute approximate surface area is 217 Å². The zero-order chi connectivity index (χ0) is 26.5. The van der Waals surface area contributed by atoms with Crippen LogP contribution in [-0.2, 0) is 4.79 Å². The van der Waals surface area contributed by atoms with Gasteiger partial charge in [0, 0.05) is 12.2 Å². The SMILES string of the molecule is CC(C)c1ccc(C(C)NC(=O)N2CCCC2C(=O)Nc2ccc(-c3ccc(C(=O)O)cc3)cc2)cc1. The van der Waals surface area contributed by atoms with Crippen LogP contribution in [0.25, 0.3) is 11.1 Å². The van der Waals surface area contributed by atoms with Crippen molar-refractivity contribution in [2.24, 2.45) is 0 Å². The molecule has 0 radical (unpaired) electrons. The molecule has 192 valence electrons. The molecule has 3 N–H and O–H groups in total. The number of nitrogens with zero attached hydrogens (tertiary/aromatic N) is 1. The molecule has 3 aromatic carbocycles. The van der Waals surface area contributed by atoms with Crippen molar-refractivity contribution >= 4 is 23.6 Å². The first-order valence-electron chi connectivity index (χ1n) is 12.6. The van der Waals surface area contributed by atoms with E-state index in [1.54, 1.807) is 41.3 Å². The number of hydrogen-bond acceptors (Lipinski definition) is 3. The zero-order valence-electron chi connectivity index (χ0n) is 21.4. The monoisotopic (exact) mass is 499 g/mol. The average molecular weight is 500 g/mol. The Bertz CT molecular complexity index is 1250. The molecule has 2 unspecified atom stereocenters. The summed E-state index contributed by atoms with van der Waals surface area (Å²) in [4.78, 5) is 38.8. The Hall–Kier alpha value is -4.13. The molecule has 1 heterocycles. The number of aromatic carboxylic acids is 1. The number of anilines is 1. The second kappa shape index (κ2) is 11.3. The lowest BCUT2D eigenvalue weighted by Gasteiger charge is -2.26. The Kier molecular flexibility index (Phi) is 7.92. The summed E-state index contributed by atoms with van der Waals surface area (Å²) in [5.74, 6) is -0.724. The van der Waals surface area contributed by atoms with Gasteiger partial charge >= 0.3 is 12.0 Å². The molecule has 4 rings (SSSR count). The lowest BCUT2D eigenvalue weighted by molar-refractivity contribution is -0.119. The molecule has 0 saturated carbocycles. The van der Waals surface area contributed by atoms with E-state index in [0.29, 0.717) is 24.6 Å². The van der Waals surface area contributed by atoms with Crippen molar-refractivity contribution in [3.63, 3.8) is 0 Å². The first-order chi connectivity index (χ1) is 17.7. The van der Waals surface area contributed by atoms with Crippen molar-refractivity contribution < 1.29 is 19.5 Å². The number of urea groups is 1. The normalized spacial score (nSPS) is 15.9. The molecule has 1 fully saturated rings. The molecule has 3 aromatic rings. The molecule has 0 spiro atoms. The number of amides is 3. The largest absolute Gasteiger partial charge is 0.478 e. The molecule has 0 bridgehead atoms.